The Bertz CT molecular complexity index is 932. The van der Waals surface area contributed by atoms with E-state index in [0.29, 0.717) is 5.92 Å². The summed E-state index contributed by atoms with van der Waals surface area (Å²) in [5, 5.41) is 1.16. The summed E-state index contributed by atoms with van der Waals surface area (Å²) in [4.78, 5) is 0. The van der Waals surface area contributed by atoms with Crippen LogP contribution in [0.2, 0.25) is 0 Å². The normalized spacial score (nSPS) is 18.9. The zero-order chi connectivity index (χ0) is 18.1. The van der Waals surface area contributed by atoms with Gasteiger partial charge in [-0.15, -0.1) is 0 Å². The van der Waals surface area contributed by atoms with E-state index in [9.17, 15) is 0 Å². The lowest BCUT2D eigenvalue weighted by atomic mass is 9.82. The number of para-hydroxylation sites is 2. The van der Waals surface area contributed by atoms with Gasteiger partial charge in [-0.25, -0.2) is 0 Å². The van der Waals surface area contributed by atoms with Gasteiger partial charge in [-0.3, -0.25) is 0 Å². The van der Waals surface area contributed by atoms with Gasteiger partial charge in [0.05, 0.1) is 5.30 Å². The third-order valence-electron chi connectivity index (χ3n) is 5.59. The molecule has 27 heavy (non-hydrogen) atoms. The van der Waals surface area contributed by atoms with Crippen LogP contribution in [0.5, 0.6) is 11.5 Å². The molecule has 0 bridgehead atoms. The zero-order valence-corrected chi connectivity index (χ0v) is 16.2. The van der Waals surface area contributed by atoms with Crippen LogP contribution in [0.3, 0.4) is 0 Å². The molecule has 1 unspecified atom stereocenters. The van der Waals surface area contributed by atoms with Crippen molar-refractivity contribution < 1.29 is 9.05 Å². The third-order valence-corrected chi connectivity index (χ3v) is 7.10. The van der Waals surface area contributed by atoms with Gasteiger partial charge >= 0.3 is 8.38 Å². The summed E-state index contributed by atoms with van der Waals surface area (Å²) in [5.41, 5.74) is 3.83. The summed E-state index contributed by atoms with van der Waals surface area (Å²) in [5.74, 6) is 2.51. The fraction of sp³-hybridized carbons (Fsp3) is 0.250. The Kier molecular flexibility index (Phi) is 4.59. The molecule has 1 atom stereocenters. The number of rotatable bonds is 3. The van der Waals surface area contributed by atoms with Gasteiger partial charge in [-0.2, -0.15) is 0 Å². The first-order valence-corrected chi connectivity index (χ1v) is 11.0. The highest BCUT2D eigenvalue weighted by molar-refractivity contribution is 7.57. The van der Waals surface area contributed by atoms with Gasteiger partial charge in [0.15, 0.2) is 0 Å². The lowest BCUT2D eigenvalue weighted by Crippen LogP contribution is -2.19. The number of fused-ring (bicyclic) bond motifs is 3. The van der Waals surface area contributed by atoms with E-state index in [0.717, 1.165) is 16.8 Å². The minimum atomic E-state index is -1.19. The Morgan fingerprint density at radius 1 is 0.741 bits per heavy atom. The van der Waals surface area contributed by atoms with Gasteiger partial charge in [-0.1, -0.05) is 73.9 Å². The zero-order valence-electron chi connectivity index (χ0n) is 15.3. The lowest BCUT2D eigenvalue weighted by Gasteiger charge is -2.31. The average Bonchev–Trinajstić information content (AvgIpc) is 2.75. The predicted molar refractivity (Wildman–Crippen MR) is 112 cm³/mol. The molecule has 2 nitrogen and oxygen atoms in total. The number of hydrogen-bond donors (Lipinski definition) is 0. The van der Waals surface area contributed by atoms with Gasteiger partial charge in [-0.05, 0) is 48.1 Å². The molecular weight excluding hydrogens is 351 g/mol. The topological polar surface area (TPSA) is 18.5 Å². The van der Waals surface area contributed by atoms with Crippen LogP contribution in [0.4, 0.5) is 0 Å². The van der Waals surface area contributed by atoms with Crippen molar-refractivity contribution in [1.29, 1.82) is 0 Å². The van der Waals surface area contributed by atoms with E-state index >= 15 is 0 Å². The first kappa shape index (κ1) is 16.8. The van der Waals surface area contributed by atoms with Crippen LogP contribution in [0.15, 0.2) is 72.8 Å². The van der Waals surface area contributed by atoms with Gasteiger partial charge in [0.1, 0.15) is 11.5 Å². The molecule has 5 rings (SSSR count). The van der Waals surface area contributed by atoms with Crippen molar-refractivity contribution >= 4 is 13.7 Å². The van der Waals surface area contributed by atoms with E-state index in [1.165, 1.54) is 48.8 Å². The minimum absolute atomic E-state index is 0.604. The standard InChI is InChI=1S/C24H23O2P/c1-3-10-18(11-4-1)20-15-9-16-22-21-14-7-8-17-23(21)27(26-24(20)22)25-19-12-5-2-6-13-19/h2,5-9,12-18H,1,3-4,10-11H2. The average molecular weight is 374 g/mol. The second-order valence-electron chi connectivity index (χ2n) is 7.33. The summed E-state index contributed by atoms with van der Waals surface area (Å²) in [6.07, 6.45) is 6.53. The lowest BCUT2D eigenvalue weighted by molar-refractivity contribution is 0.430. The number of benzene rings is 3. The molecule has 2 aliphatic rings. The Balaban J connectivity index is 1.58. The first-order valence-electron chi connectivity index (χ1n) is 9.83. The molecule has 3 aromatic carbocycles. The Morgan fingerprint density at radius 2 is 1.48 bits per heavy atom. The summed E-state index contributed by atoms with van der Waals surface area (Å²) in [6, 6.07) is 25.2. The van der Waals surface area contributed by atoms with Crippen LogP contribution in [0, 0.1) is 0 Å². The molecule has 1 saturated carbocycles. The summed E-state index contributed by atoms with van der Waals surface area (Å²) < 4.78 is 12.9. The molecule has 0 N–H and O–H groups in total. The van der Waals surface area contributed by atoms with E-state index in [-0.39, 0.29) is 0 Å². The summed E-state index contributed by atoms with van der Waals surface area (Å²) >= 11 is 0. The fourth-order valence-electron chi connectivity index (χ4n) is 4.24. The molecule has 1 heterocycles. The summed E-state index contributed by atoms with van der Waals surface area (Å²) in [7, 11) is -1.19. The quantitative estimate of drug-likeness (QED) is 0.469. The highest BCUT2D eigenvalue weighted by Gasteiger charge is 2.32. The Morgan fingerprint density at radius 3 is 2.33 bits per heavy atom. The van der Waals surface area contributed by atoms with Gasteiger partial charge in [0.25, 0.3) is 0 Å². The third kappa shape index (κ3) is 3.24. The first-order chi connectivity index (χ1) is 13.4. The highest BCUT2D eigenvalue weighted by Crippen LogP contribution is 2.53. The molecule has 3 aromatic rings. The molecule has 0 radical (unpaired) electrons. The highest BCUT2D eigenvalue weighted by atomic mass is 31.2. The molecule has 0 amide bonds. The maximum Gasteiger partial charge on any atom is 0.326 e. The van der Waals surface area contributed by atoms with Gasteiger partial charge < -0.3 is 9.05 Å². The van der Waals surface area contributed by atoms with Crippen molar-refractivity contribution in [3.05, 3.63) is 78.4 Å². The molecule has 3 heteroatoms. The van der Waals surface area contributed by atoms with Gasteiger partial charge in [0, 0.05) is 5.56 Å². The second-order valence-corrected chi connectivity index (χ2v) is 8.69. The van der Waals surface area contributed by atoms with E-state index in [1.807, 2.05) is 30.3 Å². The summed E-state index contributed by atoms with van der Waals surface area (Å²) in [6.45, 7) is 0. The molecule has 1 aliphatic heterocycles. The molecule has 0 saturated heterocycles. The van der Waals surface area contributed by atoms with Crippen LogP contribution in [0.25, 0.3) is 11.1 Å². The van der Waals surface area contributed by atoms with Crippen LogP contribution < -0.4 is 14.4 Å². The maximum atomic E-state index is 6.59. The van der Waals surface area contributed by atoms with Crippen molar-refractivity contribution in [3.63, 3.8) is 0 Å². The smallest absolute Gasteiger partial charge is 0.326 e. The van der Waals surface area contributed by atoms with E-state index in [2.05, 4.69) is 42.5 Å². The van der Waals surface area contributed by atoms with Gasteiger partial charge in [0.2, 0.25) is 0 Å². The molecular formula is C24H23O2P. The van der Waals surface area contributed by atoms with Crippen molar-refractivity contribution in [2.24, 2.45) is 0 Å². The molecule has 1 aliphatic carbocycles. The van der Waals surface area contributed by atoms with Crippen LogP contribution >= 0.6 is 8.38 Å². The molecule has 136 valence electrons. The predicted octanol–water partition coefficient (Wildman–Crippen LogP) is 6.81. The fourth-order valence-corrected chi connectivity index (χ4v) is 5.76. The van der Waals surface area contributed by atoms with Crippen molar-refractivity contribution in [3.8, 4) is 22.6 Å². The monoisotopic (exact) mass is 374 g/mol. The molecule has 0 spiro atoms. The molecule has 1 fully saturated rings. The van der Waals surface area contributed by atoms with Crippen molar-refractivity contribution in [1.82, 2.24) is 0 Å². The maximum absolute atomic E-state index is 6.59. The SMILES string of the molecule is c1ccc(OP2Oc3c(cccc3C3CCCCC3)-c3ccccc32)cc1. The molecule has 0 aromatic heterocycles. The van der Waals surface area contributed by atoms with E-state index in [1.54, 1.807) is 0 Å². The van der Waals surface area contributed by atoms with Crippen LogP contribution in [-0.2, 0) is 0 Å². The Labute approximate surface area is 162 Å². The minimum Gasteiger partial charge on any atom is -0.435 e. The van der Waals surface area contributed by atoms with E-state index < -0.39 is 8.38 Å². The van der Waals surface area contributed by atoms with Crippen LogP contribution in [-0.4, -0.2) is 0 Å². The van der Waals surface area contributed by atoms with Crippen molar-refractivity contribution in [2.75, 3.05) is 0 Å². The Hall–Kier alpha value is -2.31. The second kappa shape index (κ2) is 7.37. The largest absolute Gasteiger partial charge is 0.435 e. The number of hydrogen-bond acceptors (Lipinski definition) is 2. The van der Waals surface area contributed by atoms with E-state index in [4.69, 9.17) is 9.05 Å². The van der Waals surface area contributed by atoms with Crippen molar-refractivity contribution in [2.45, 2.75) is 38.0 Å². The van der Waals surface area contributed by atoms with Crippen LogP contribution in [0.1, 0.15) is 43.6 Å².